The molecule has 2 heterocycles. The van der Waals surface area contributed by atoms with Crippen LogP contribution in [0.4, 0.5) is 13.2 Å². The normalized spacial score (nSPS) is 13.4. The molecule has 0 atom stereocenters. The molecule has 0 spiro atoms. The van der Waals surface area contributed by atoms with Crippen LogP contribution in [0.5, 0.6) is 5.75 Å². The number of nitrogens with one attached hydrogen (secondary N) is 2. The van der Waals surface area contributed by atoms with E-state index < -0.39 is 12.3 Å². The predicted octanol–water partition coefficient (Wildman–Crippen LogP) is 3.12. The molecular formula is C22H24F3N7O3S. The third-order valence-corrected chi connectivity index (χ3v) is 6.28. The molecular weight excluding hydrogens is 499 g/mol. The zero-order valence-corrected chi connectivity index (χ0v) is 19.9. The molecule has 2 N–H and O–H groups in total. The number of carbonyl (C=O) groups is 2. The van der Waals surface area contributed by atoms with Crippen LogP contribution in [0.2, 0.25) is 0 Å². The van der Waals surface area contributed by atoms with Crippen molar-refractivity contribution in [1.82, 2.24) is 35.8 Å². The number of carbonyl (C=O) groups excluding carboxylic acids is 2. The van der Waals surface area contributed by atoms with Crippen molar-refractivity contribution in [2.45, 2.75) is 51.6 Å². The van der Waals surface area contributed by atoms with Crippen molar-refractivity contribution < 1.29 is 27.5 Å². The Kier molecular flexibility index (Phi) is 8.13. The van der Waals surface area contributed by atoms with Crippen LogP contribution in [-0.4, -0.2) is 49.9 Å². The minimum absolute atomic E-state index is 0.00317. The van der Waals surface area contributed by atoms with Gasteiger partial charge < -0.3 is 15.4 Å². The molecule has 1 aromatic carbocycles. The van der Waals surface area contributed by atoms with Gasteiger partial charge in [-0.1, -0.05) is 28.7 Å². The lowest BCUT2D eigenvalue weighted by molar-refractivity contribution is -0.274. The largest absolute Gasteiger partial charge is 0.573 e. The third kappa shape index (κ3) is 8.00. The fourth-order valence-electron chi connectivity index (χ4n) is 3.27. The molecule has 0 saturated heterocycles. The summed E-state index contributed by atoms with van der Waals surface area (Å²) in [5, 5.41) is 22.5. The highest BCUT2D eigenvalue weighted by molar-refractivity contribution is 7.13. The van der Waals surface area contributed by atoms with Crippen molar-refractivity contribution in [2.75, 3.05) is 6.54 Å². The van der Waals surface area contributed by atoms with E-state index in [1.54, 1.807) is 10.7 Å². The molecule has 1 saturated carbocycles. The summed E-state index contributed by atoms with van der Waals surface area (Å²) < 4.78 is 42.5. The number of aryl methyl sites for hydroxylation is 2. The van der Waals surface area contributed by atoms with Crippen molar-refractivity contribution in [3.63, 3.8) is 0 Å². The zero-order chi connectivity index (χ0) is 25.5. The molecule has 192 valence electrons. The number of halogens is 3. The van der Waals surface area contributed by atoms with Gasteiger partial charge in [-0.05, 0) is 49.3 Å². The first kappa shape index (κ1) is 25.5. The molecule has 1 aliphatic rings. The van der Waals surface area contributed by atoms with Crippen LogP contribution in [0.15, 0.2) is 30.5 Å². The molecule has 1 fully saturated rings. The van der Waals surface area contributed by atoms with E-state index in [9.17, 15) is 22.8 Å². The number of hydrogen-bond acceptors (Lipinski definition) is 8. The lowest BCUT2D eigenvalue weighted by Crippen LogP contribution is -2.25. The highest BCUT2D eigenvalue weighted by Crippen LogP contribution is 2.27. The SMILES string of the molecule is O=C(NCc1cccc(OC(F)(F)F)c1)c1cn(CCCCc2nnc(C(=O)NCC3CC3)s2)nn1. The Bertz CT molecular complexity index is 1190. The Labute approximate surface area is 208 Å². The minimum Gasteiger partial charge on any atom is -0.406 e. The standard InChI is InChI=1S/C22H24F3N7O3S/c23-22(24,25)35-16-5-3-4-15(10-16)12-26-19(33)17-13-32(31-28-17)9-2-1-6-18-29-30-21(36-18)20(34)27-11-14-7-8-14/h3-5,10,13-14H,1-2,6-9,11-12H2,(H,26,33)(H,27,34). The molecule has 36 heavy (non-hydrogen) atoms. The van der Waals surface area contributed by atoms with Gasteiger partial charge in [0.1, 0.15) is 10.8 Å². The van der Waals surface area contributed by atoms with Crippen molar-refractivity contribution in [3.8, 4) is 5.75 Å². The maximum Gasteiger partial charge on any atom is 0.573 e. The average molecular weight is 524 g/mol. The van der Waals surface area contributed by atoms with Crippen LogP contribution in [0.25, 0.3) is 0 Å². The summed E-state index contributed by atoms with van der Waals surface area (Å²) in [5.41, 5.74) is 0.543. The van der Waals surface area contributed by atoms with E-state index in [-0.39, 0.29) is 23.9 Å². The first-order valence-electron chi connectivity index (χ1n) is 11.4. The first-order chi connectivity index (χ1) is 17.2. The van der Waals surface area contributed by atoms with Gasteiger partial charge in [-0.15, -0.1) is 28.5 Å². The summed E-state index contributed by atoms with van der Waals surface area (Å²) in [5.74, 6) is -0.434. The Morgan fingerprint density at radius 1 is 1.11 bits per heavy atom. The van der Waals surface area contributed by atoms with Gasteiger partial charge in [0.25, 0.3) is 11.8 Å². The predicted molar refractivity (Wildman–Crippen MR) is 122 cm³/mol. The summed E-state index contributed by atoms with van der Waals surface area (Å²) in [6.07, 6.45) is 1.26. The zero-order valence-electron chi connectivity index (χ0n) is 19.1. The Morgan fingerprint density at radius 3 is 2.72 bits per heavy atom. The van der Waals surface area contributed by atoms with Crippen LogP contribution in [0.3, 0.4) is 0 Å². The van der Waals surface area contributed by atoms with Crippen molar-refractivity contribution in [2.24, 2.45) is 5.92 Å². The summed E-state index contributed by atoms with van der Waals surface area (Å²) in [4.78, 5) is 24.4. The molecule has 0 aliphatic heterocycles. The summed E-state index contributed by atoms with van der Waals surface area (Å²) in [6.45, 7) is 1.23. The molecule has 3 aromatic rings. The van der Waals surface area contributed by atoms with Gasteiger partial charge in [-0.3, -0.25) is 14.3 Å². The van der Waals surface area contributed by atoms with Crippen LogP contribution < -0.4 is 15.4 Å². The van der Waals surface area contributed by atoms with Crippen LogP contribution in [0, 0.1) is 5.92 Å². The number of hydrogen-bond donors (Lipinski definition) is 2. The first-order valence-corrected chi connectivity index (χ1v) is 12.2. The Balaban J connectivity index is 1.16. The Morgan fingerprint density at radius 2 is 1.94 bits per heavy atom. The molecule has 1 aliphatic carbocycles. The quantitative estimate of drug-likeness (QED) is 0.350. The third-order valence-electron chi connectivity index (χ3n) is 5.29. The van der Waals surface area contributed by atoms with Crippen molar-refractivity contribution >= 4 is 23.2 Å². The molecule has 4 rings (SSSR count). The number of rotatable bonds is 12. The second-order valence-electron chi connectivity index (χ2n) is 8.36. The fraction of sp³-hybridized carbons (Fsp3) is 0.455. The number of unbranched alkanes of at least 4 members (excludes halogenated alkanes) is 1. The molecule has 10 nitrogen and oxygen atoms in total. The number of benzene rings is 1. The van der Waals surface area contributed by atoms with Crippen molar-refractivity contribution in [1.29, 1.82) is 0 Å². The highest BCUT2D eigenvalue weighted by atomic mass is 32.1. The van der Waals surface area contributed by atoms with Crippen LogP contribution in [0.1, 0.15) is 56.5 Å². The van der Waals surface area contributed by atoms with Gasteiger partial charge >= 0.3 is 6.36 Å². The fourth-order valence-corrected chi connectivity index (χ4v) is 4.07. The van der Waals surface area contributed by atoms with Crippen LogP contribution >= 0.6 is 11.3 Å². The molecule has 0 unspecified atom stereocenters. The number of alkyl halides is 3. The van der Waals surface area contributed by atoms with Gasteiger partial charge in [-0.2, -0.15) is 0 Å². The molecule has 2 aromatic heterocycles. The molecule has 14 heteroatoms. The summed E-state index contributed by atoms with van der Waals surface area (Å²) >= 11 is 1.29. The van der Waals surface area contributed by atoms with E-state index in [0.29, 0.717) is 36.0 Å². The number of ether oxygens (including phenoxy) is 1. The minimum atomic E-state index is -4.79. The summed E-state index contributed by atoms with van der Waals surface area (Å²) in [7, 11) is 0. The Hall–Kier alpha value is -3.55. The molecule has 0 bridgehead atoms. The van der Waals surface area contributed by atoms with Gasteiger partial charge in [-0.25, -0.2) is 0 Å². The second-order valence-corrected chi connectivity index (χ2v) is 9.42. The van der Waals surface area contributed by atoms with Gasteiger partial charge in [0.05, 0.1) is 6.20 Å². The number of nitrogens with zero attached hydrogens (tertiary/aromatic N) is 5. The maximum atomic E-state index is 12.4. The number of amides is 2. The monoisotopic (exact) mass is 523 g/mol. The number of aromatic nitrogens is 5. The lowest BCUT2D eigenvalue weighted by atomic mass is 10.2. The molecule has 0 radical (unpaired) electrons. The van der Waals surface area contributed by atoms with Crippen molar-refractivity contribution in [3.05, 3.63) is 51.7 Å². The smallest absolute Gasteiger partial charge is 0.406 e. The van der Waals surface area contributed by atoms with E-state index in [1.807, 2.05) is 0 Å². The van der Waals surface area contributed by atoms with E-state index in [4.69, 9.17) is 0 Å². The second kappa shape index (κ2) is 11.5. The lowest BCUT2D eigenvalue weighted by Gasteiger charge is -2.10. The topological polar surface area (TPSA) is 124 Å². The van der Waals surface area contributed by atoms with Gasteiger partial charge in [0, 0.05) is 26.1 Å². The summed E-state index contributed by atoms with van der Waals surface area (Å²) in [6, 6.07) is 5.36. The van der Waals surface area contributed by atoms with E-state index in [2.05, 4.69) is 35.9 Å². The van der Waals surface area contributed by atoms with E-state index >= 15 is 0 Å². The molecule has 2 amide bonds. The average Bonchev–Trinajstić information content (AvgIpc) is 3.33. The van der Waals surface area contributed by atoms with E-state index in [0.717, 1.165) is 30.7 Å². The van der Waals surface area contributed by atoms with E-state index in [1.165, 1.54) is 35.7 Å². The van der Waals surface area contributed by atoms with Gasteiger partial charge in [0.2, 0.25) is 5.01 Å². The highest BCUT2D eigenvalue weighted by Gasteiger charge is 2.31. The maximum absolute atomic E-state index is 12.4. The van der Waals surface area contributed by atoms with Crippen LogP contribution in [-0.2, 0) is 19.5 Å². The van der Waals surface area contributed by atoms with Gasteiger partial charge in [0.15, 0.2) is 5.69 Å².